The number of nitrogens with zero attached hydrogens (tertiary/aromatic N) is 1. The molecule has 1 saturated carbocycles. The molecule has 0 bridgehead atoms. The summed E-state index contributed by atoms with van der Waals surface area (Å²) in [7, 11) is 2.10. The first kappa shape index (κ1) is 10.0. The summed E-state index contributed by atoms with van der Waals surface area (Å²) in [5.74, 6) is 0.608. The molecule has 0 aromatic rings. The highest BCUT2D eigenvalue weighted by molar-refractivity contribution is 4.83. The van der Waals surface area contributed by atoms with Crippen LogP contribution in [-0.2, 0) is 0 Å². The van der Waals surface area contributed by atoms with Gasteiger partial charge in [0.15, 0.2) is 0 Å². The van der Waals surface area contributed by atoms with Crippen LogP contribution in [0.1, 0.15) is 33.1 Å². The van der Waals surface area contributed by atoms with E-state index in [1.807, 2.05) is 0 Å². The number of rotatable bonds is 5. The molecule has 2 unspecified atom stereocenters. The Labute approximate surface area is 75.6 Å². The lowest BCUT2D eigenvalue weighted by Crippen LogP contribution is -2.36. The third-order valence-corrected chi connectivity index (χ3v) is 2.98. The minimum Gasteiger partial charge on any atom is -0.392 e. The van der Waals surface area contributed by atoms with E-state index in [-0.39, 0.29) is 6.10 Å². The number of aliphatic hydroxyl groups is 1. The van der Waals surface area contributed by atoms with E-state index in [2.05, 4.69) is 25.8 Å². The van der Waals surface area contributed by atoms with E-state index in [4.69, 9.17) is 0 Å². The molecule has 2 nitrogen and oxygen atoms in total. The Bertz CT molecular complexity index is 134. The molecule has 1 aliphatic carbocycles. The normalized spacial score (nSPS) is 22.8. The van der Waals surface area contributed by atoms with Gasteiger partial charge in [0.1, 0.15) is 0 Å². The largest absolute Gasteiger partial charge is 0.392 e. The number of aliphatic hydroxyl groups excluding tert-OH is 1. The molecule has 0 aliphatic heterocycles. The van der Waals surface area contributed by atoms with Crippen LogP contribution in [0.2, 0.25) is 0 Å². The van der Waals surface area contributed by atoms with E-state index < -0.39 is 0 Å². The van der Waals surface area contributed by atoms with E-state index in [0.29, 0.717) is 12.0 Å². The van der Waals surface area contributed by atoms with Crippen LogP contribution in [0.25, 0.3) is 0 Å². The van der Waals surface area contributed by atoms with Crippen molar-refractivity contribution in [3.63, 3.8) is 0 Å². The first-order chi connectivity index (χ1) is 5.65. The highest BCUT2D eigenvalue weighted by atomic mass is 16.3. The van der Waals surface area contributed by atoms with Crippen molar-refractivity contribution in [2.45, 2.75) is 45.3 Å². The fourth-order valence-electron chi connectivity index (χ4n) is 1.42. The van der Waals surface area contributed by atoms with E-state index >= 15 is 0 Å². The van der Waals surface area contributed by atoms with Crippen LogP contribution in [0.15, 0.2) is 0 Å². The number of hydrogen-bond donors (Lipinski definition) is 1. The van der Waals surface area contributed by atoms with Crippen LogP contribution in [0, 0.1) is 5.92 Å². The Morgan fingerprint density at radius 3 is 2.50 bits per heavy atom. The smallest absolute Gasteiger partial charge is 0.0695 e. The van der Waals surface area contributed by atoms with E-state index in [0.717, 1.165) is 13.0 Å². The summed E-state index contributed by atoms with van der Waals surface area (Å²) in [5.41, 5.74) is 0. The second kappa shape index (κ2) is 4.24. The minimum atomic E-state index is -0.0796. The van der Waals surface area contributed by atoms with Crippen LogP contribution in [0.5, 0.6) is 0 Å². The van der Waals surface area contributed by atoms with Crippen LogP contribution >= 0.6 is 0 Å². The zero-order chi connectivity index (χ0) is 9.14. The molecular formula is C10H21NO. The molecule has 0 aromatic heterocycles. The van der Waals surface area contributed by atoms with Gasteiger partial charge in [-0.1, -0.05) is 6.92 Å². The summed E-state index contributed by atoms with van der Waals surface area (Å²) in [6.45, 7) is 5.24. The summed E-state index contributed by atoms with van der Waals surface area (Å²) >= 11 is 0. The number of likely N-dealkylation sites (N-methyl/N-ethyl adjacent to an activating group) is 1. The van der Waals surface area contributed by atoms with Crippen molar-refractivity contribution in [3.05, 3.63) is 0 Å². The standard InChI is InChI=1S/C10H21NO/c1-4-8(2)11(3)7-10(12)9-5-6-9/h8-10,12H,4-7H2,1-3H3. The van der Waals surface area contributed by atoms with Gasteiger partial charge < -0.3 is 10.0 Å². The molecule has 72 valence electrons. The van der Waals surface area contributed by atoms with Gasteiger partial charge in [-0.15, -0.1) is 0 Å². The molecule has 0 amide bonds. The van der Waals surface area contributed by atoms with Gasteiger partial charge in [0.25, 0.3) is 0 Å². The van der Waals surface area contributed by atoms with Crippen molar-refractivity contribution in [2.75, 3.05) is 13.6 Å². The molecule has 0 saturated heterocycles. The predicted octanol–water partition coefficient (Wildman–Crippen LogP) is 1.49. The molecule has 0 heterocycles. The van der Waals surface area contributed by atoms with E-state index in [1.165, 1.54) is 12.8 Å². The maximum absolute atomic E-state index is 9.66. The second-order valence-electron chi connectivity index (χ2n) is 4.10. The van der Waals surface area contributed by atoms with Gasteiger partial charge in [-0.2, -0.15) is 0 Å². The van der Waals surface area contributed by atoms with E-state index in [9.17, 15) is 5.11 Å². The van der Waals surface area contributed by atoms with Crippen molar-refractivity contribution in [2.24, 2.45) is 5.92 Å². The van der Waals surface area contributed by atoms with Crippen LogP contribution < -0.4 is 0 Å². The average molecular weight is 171 g/mol. The third-order valence-electron chi connectivity index (χ3n) is 2.98. The van der Waals surface area contributed by atoms with Gasteiger partial charge in [0.2, 0.25) is 0 Å². The van der Waals surface area contributed by atoms with Crippen LogP contribution in [-0.4, -0.2) is 35.7 Å². The Morgan fingerprint density at radius 2 is 2.08 bits per heavy atom. The summed E-state index contributed by atoms with van der Waals surface area (Å²) in [6.07, 6.45) is 3.54. The Balaban J connectivity index is 2.19. The predicted molar refractivity (Wildman–Crippen MR) is 51.1 cm³/mol. The lowest BCUT2D eigenvalue weighted by atomic mass is 10.2. The van der Waals surface area contributed by atoms with Crippen molar-refractivity contribution in [1.29, 1.82) is 0 Å². The maximum atomic E-state index is 9.66. The first-order valence-electron chi connectivity index (χ1n) is 5.03. The Kier molecular flexibility index (Phi) is 3.53. The monoisotopic (exact) mass is 171 g/mol. The van der Waals surface area contributed by atoms with Crippen LogP contribution in [0.4, 0.5) is 0 Å². The summed E-state index contributed by atoms with van der Waals surface area (Å²) < 4.78 is 0. The van der Waals surface area contributed by atoms with Crippen molar-refractivity contribution >= 4 is 0 Å². The minimum absolute atomic E-state index is 0.0796. The summed E-state index contributed by atoms with van der Waals surface area (Å²) in [5, 5.41) is 9.66. The Hall–Kier alpha value is -0.0800. The molecule has 0 radical (unpaired) electrons. The van der Waals surface area contributed by atoms with Gasteiger partial charge >= 0.3 is 0 Å². The topological polar surface area (TPSA) is 23.5 Å². The van der Waals surface area contributed by atoms with Gasteiger partial charge in [-0.25, -0.2) is 0 Å². The SMILES string of the molecule is CCC(C)N(C)CC(O)C1CC1. The average Bonchev–Trinajstić information content (AvgIpc) is 2.84. The fourth-order valence-corrected chi connectivity index (χ4v) is 1.42. The first-order valence-corrected chi connectivity index (χ1v) is 5.03. The molecular weight excluding hydrogens is 150 g/mol. The number of hydrogen-bond acceptors (Lipinski definition) is 2. The zero-order valence-electron chi connectivity index (χ0n) is 8.45. The molecule has 2 heteroatoms. The van der Waals surface area contributed by atoms with Gasteiger partial charge in [0.05, 0.1) is 6.10 Å². The molecule has 1 rings (SSSR count). The summed E-state index contributed by atoms with van der Waals surface area (Å²) in [6, 6.07) is 0.596. The molecule has 1 fully saturated rings. The van der Waals surface area contributed by atoms with Gasteiger partial charge in [0, 0.05) is 12.6 Å². The van der Waals surface area contributed by atoms with Crippen molar-refractivity contribution in [1.82, 2.24) is 4.90 Å². The maximum Gasteiger partial charge on any atom is 0.0695 e. The second-order valence-corrected chi connectivity index (χ2v) is 4.10. The lowest BCUT2D eigenvalue weighted by Gasteiger charge is -2.25. The van der Waals surface area contributed by atoms with Crippen molar-refractivity contribution in [3.8, 4) is 0 Å². The molecule has 12 heavy (non-hydrogen) atoms. The van der Waals surface area contributed by atoms with Gasteiger partial charge in [-0.3, -0.25) is 0 Å². The lowest BCUT2D eigenvalue weighted by molar-refractivity contribution is 0.0903. The summed E-state index contributed by atoms with van der Waals surface area (Å²) in [4.78, 5) is 2.25. The zero-order valence-corrected chi connectivity index (χ0v) is 8.45. The van der Waals surface area contributed by atoms with Crippen LogP contribution in [0.3, 0.4) is 0 Å². The third kappa shape index (κ3) is 2.76. The van der Waals surface area contributed by atoms with Crippen molar-refractivity contribution < 1.29 is 5.11 Å². The van der Waals surface area contributed by atoms with Gasteiger partial charge in [-0.05, 0) is 39.2 Å². The highest BCUT2D eigenvalue weighted by Gasteiger charge is 2.30. The quantitative estimate of drug-likeness (QED) is 0.677. The highest BCUT2D eigenvalue weighted by Crippen LogP contribution is 2.32. The fraction of sp³-hybridized carbons (Fsp3) is 1.00. The molecule has 0 aromatic carbocycles. The van der Waals surface area contributed by atoms with E-state index in [1.54, 1.807) is 0 Å². The molecule has 1 N–H and O–H groups in total. The molecule has 1 aliphatic rings. The Morgan fingerprint density at radius 1 is 1.50 bits per heavy atom. The molecule has 2 atom stereocenters. The molecule has 0 spiro atoms.